The van der Waals surface area contributed by atoms with Crippen LogP contribution in [-0.2, 0) is 0 Å². The van der Waals surface area contributed by atoms with Crippen molar-refractivity contribution in [1.82, 2.24) is 15.5 Å². The van der Waals surface area contributed by atoms with Crippen molar-refractivity contribution in [1.29, 1.82) is 0 Å². The number of aromatic nitrogens is 2. The first kappa shape index (κ1) is 12.4. The van der Waals surface area contributed by atoms with Gasteiger partial charge in [0.15, 0.2) is 6.10 Å². The number of halogens is 3. The zero-order valence-corrected chi connectivity index (χ0v) is 7.90. The largest absolute Gasteiger partial charge is 0.416 e. The lowest BCUT2D eigenvalue weighted by molar-refractivity contribution is -0.201. The minimum atomic E-state index is -4.75. The molecule has 0 aliphatic rings. The van der Waals surface area contributed by atoms with Gasteiger partial charge < -0.3 is 10.4 Å². The smallest absolute Gasteiger partial charge is 0.382 e. The van der Waals surface area contributed by atoms with E-state index >= 15 is 0 Å². The van der Waals surface area contributed by atoms with Crippen molar-refractivity contribution in [3.8, 4) is 0 Å². The summed E-state index contributed by atoms with van der Waals surface area (Å²) in [6.07, 6.45) is -4.99. The number of amides is 1. The van der Waals surface area contributed by atoms with E-state index in [4.69, 9.17) is 5.11 Å². The molecular weight excluding hydrogens is 227 g/mol. The summed E-state index contributed by atoms with van der Waals surface area (Å²) in [6, 6.07) is 1.29. The van der Waals surface area contributed by atoms with E-state index in [9.17, 15) is 18.0 Å². The molecule has 0 saturated carbocycles. The molecule has 0 fully saturated rings. The number of carbonyl (C=O) groups excluding carboxylic acids is 1. The lowest BCUT2D eigenvalue weighted by Gasteiger charge is -2.14. The molecule has 8 heteroatoms. The van der Waals surface area contributed by atoms with Gasteiger partial charge in [-0.15, -0.1) is 0 Å². The maximum Gasteiger partial charge on any atom is 0.416 e. The highest BCUT2D eigenvalue weighted by molar-refractivity contribution is 5.93. The minimum absolute atomic E-state index is 0.0735. The predicted molar refractivity (Wildman–Crippen MR) is 46.4 cm³/mol. The molecule has 16 heavy (non-hydrogen) atoms. The van der Waals surface area contributed by atoms with E-state index in [-0.39, 0.29) is 5.56 Å². The standard InChI is InChI=1S/C8H8F3N3O2/c9-8(10,11)6(15)4-12-7(16)5-1-2-13-14-3-5/h1-3,6,15H,4H2,(H,12,16). The average Bonchev–Trinajstić information content (AvgIpc) is 2.25. The maximum atomic E-state index is 11.9. The van der Waals surface area contributed by atoms with Crippen molar-refractivity contribution in [2.45, 2.75) is 12.3 Å². The monoisotopic (exact) mass is 235 g/mol. The molecule has 1 aromatic rings. The van der Waals surface area contributed by atoms with E-state index in [0.29, 0.717) is 0 Å². The molecule has 1 amide bonds. The fraction of sp³-hybridized carbons (Fsp3) is 0.375. The third-order valence-corrected chi connectivity index (χ3v) is 1.68. The van der Waals surface area contributed by atoms with Crippen LogP contribution in [0.15, 0.2) is 18.5 Å². The molecule has 1 atom stereocenters. The number of aliphatic hydroxyl groups excluding tert-OH is 1. The lowest BCUT2D eigenvalue weighted by atomic mass is 10.3. The van der Waals surface area contributed by atoms with Gasteiger partial charge >= 0.3 is 6.18 Å². The first-order valence-electron chi connectivity index (χ1n) is 4.21. The zero-order valence-electron chi connectivity index (χ0n) is 7.90. The molecule has 1 heterocycles. The molecular formula is C8H8F3N3O2. The summed E-state index contributed by atoms with van der Waals surface area (Å²) in [7, 11) is 0. The topological polar surface area (TPSA) is 75.1 Å². The third kappa shape index (κ3) is 3.46. The molecule has 0 aliphatic heterocycles. The Kier molecular flexibility index (Phi) is 3.78. The van der Waals surface area contributed by atoms with Crippen LogP contribution in [0.4, 0.5) is 13.2 Å². The Morgan fingerprint density at radius 1 is 1.50 bits per heavy atom. The molecule has 1 unspecified atom stereocenters. The van der Waals surface area contributed by atoms with Crippen LogP contribution in [0.5, 0.6) is 0 Å². The van der Waals surface area contributed by atoms with E-state index in [1.807, 2.05) is 5.32 Å². The van der Waals surface area contributed by atoms with Gasteiger partial charge in [-0.05, 0) is 6.07 Å². The number of alkyl halides is 3. The summed E-state index contributed by atoms with van der Waals surface area (Å²) in [5, 5.41) is 17.3. The van der Waals surface area contributed by atoms with Crippen LogP contribution in [0.1, 0.15) is 10.4 Å². The minimum Gasteiger partial charge on any atom is -0.382 e. The number of aliphatic hydroxyl groups is 1. The summed E-state index contributed by atoms with van der Waals surface area (Å²) < 4.78 is 35.6. The third-order valence-electron chi connectivity index (χ3n) is 1.68. The highest BCUT2D eigenvalue weighted by Gasteiger charge is 2.38. The van der Waals surface area contributed by atoms with E-state index in [0.717, 1.165) is 6.20 Å². The van der Waals surface area contributed by atoms with Crippen LogP contribution >= 0.6 is 0 Å². The van der Waals surface area contributed by atoms with Gasteiger partial charge in [0.05, 0.1) is 24.5 Å². The average molecular weight is 235 g/mol. The van der Waals surface area contributed by atoms with Crippen molar-refractivity contribution in [2.75, 3.05) is 6.54 Å². The molecule has 0 saturated heterocycles. The second-order valence-electron chi connectivity index (χ2n) is 2.90. The van der Waals surface area contributed by atoms with Crippen LogP contribution < -0.4 is 5.32 Å². The molecule has 1 aromatic heterocycles. The molecule has 0 aliphatic carbocycles. The Morgan fingerprint density at radius 3 is 2.69 bits per heavy atom. The quantitative estimate of drug-likeness (QED) is 0.780. The van der Waals surface area contributed by atoms with Crippen molar-refractivity contribution >= 4 is 5.91 Å². The number of rotatable bonds is 3. The van der Waals surface area contributed by atoms with Gasteiger partial charge in [-0.2, -0.15) is 23.4 Å². The van der Waals surface area contributed by atoms with E-state index < -0.39 is 24.7 Å². The number of nitrogens with zero attached hydrogens (tertiary/aromatic N) is 2. The van der Waals surface area contributed by atoms with Gasteiger partial charge in [-0.25, -0.2) is 0 Å². The highest BCUT2D eigenvalue weighted by Crippen LogP contribution is 2.19. The molecule has 2 N–H and O–H groups in total. The molecule has 0 spiro atoms. The number of hydrogen-bond acceptors (Lipinski definition) is 4. The number of carbonyl (C=O) groups is 1. The van der Waals surface area contributed by atoms with Gasteiger partial charge in [-0.3, -0.25) is 4.79 Å². The molecule has 0 aromatic carbocycles. The van der Waals surface area contributed by atoms with Gasteiger partial charge in [0, 0.05) is 0 Å². The van der Waals surface area contributed by atoms with Crippen molar-refractivity contribution < 1.29 is 23.1 Å². The second-order valence-corrected chi connectivity index (χ2v) is 2.90. The van der Waals surface area contributed by atoms with Crippen molar-refractivity contribution in [3.05, 3.63) is 24.0 Å². The Hall–Kier alpha value is -1.70. The van der Waals surface area contributed by atoms with Gasteiger partial charge in [-0.1, -0.05) is 0 Å². The highest BCUT2D eigenvalue weighted by atomic mass is 19.4. The van der Waals surface area contributed by atoms with Crippen LogP contribution in [0.25, 0.3) is 0 Å². The normalized spacial score (nSPS) is 13.2. The fourth-order valence-electron chi connectivity index (χ4n) is 0.832. The SMILES string of the molecule is O=C(NCC(O)C(F)(F)F)c1ccnnc1. The molecule has 1 rings (SSSR count). The molecule has 0 bridgehead atoms. The van der Waals surface area contributed by atoms with E-state index in [1.165, 1.54) is 12.3 Å². The van der Waals surface area contributed by atoms with Crippen LogP contribution in [-0.4, -0.2) is 40.0 Å². The van der Waals surface area contributed by atoms with Crippen LogP contribution in [0, 0.1) is 0 Å². The zero-order chi connectivity index (χ0) is 12.2. The van der Waals surface area contributed by atoms with Crippen molar-refractivity contribution in [2.24, 2.45) is 0 Å². The molecule has 0 radical (unpaired) electrons. The molecule has 88 valence electrons. The Balaban J connectivity index is 2.48. The number of hydrogen-bond donors (Lipinski definition) is 2. The molecule has 5 nitrogen and oxygen atoms in total. The first-order valence-corrected chi connectivity index (χ1v) is 4.21. The summed E-state index contributed by atoms with van der Waals surface area (Å²) in [6.45, 7) is -0.898. The lowest BCUT2D eigenvalue weighted by Crippen LogP contribution is -2.40. The van der Waals surface area contributed by atoms with E-state index in [2.05, 4.69) is 10.2 Å². The summed E-state index contributed by atoms with van der Waals surface area (Å²) >= 11 is 0. The maximum absolute atomic E-state index is 11.9. The van der Waals surface area contributed by atoms with Gasteiger partial charge in [0.2, 0.25) is 0 Å². The Bertz CT molecular complexity index is 355. The Morgan fingerprint density at radius 2 is 2.19 bits per heavy atom. The van der Waals surface area contributed by atoms with E-state index in [1.54, 1.807) is 0 Å². The van der Waals surface area contributed by atoms with Crippen LogP contribution in [0.2, 0.25) is 0 Å². The van der Waals surface area contributed by atoms with Crippen molar-refractivity contribution in [3.63, 3.8) is 0 Å². The Labute approximate surface area is 88.3 Å². The van der Waals surface area contributed by atoms with Gasteiger partial charge in [0.1, 0.15) is 0 Å². The first-order chi connectivity index (χ1) is 7.41. The predicted octanol–water partition coefficient (Wildman–Crippen LogP) is 0.130. The fourth-order valence-corrected chi connectivity index (χ4v) is 0.832. The summed E-state index contributed by atoms with van der Waals surface area (Å²) in [4.78, 5) is 11.2. The second kappa shape index (κ2) is 4.88. The van der Waals surface area contributed by atoms with Crippen LogP contribution in [0.3, 0.4) is 0 Å². The summed E-state index contributed by atoms with van der Waals surface area (Å²) in [5.74, 6) is -0.752. The summed E-state index contributed by atoms with van der Waals surface area (Å²) in [5.41, 5.74) is 0.0735. The number of nitrogens with one attached hydrogen (secondary N) is 1. The van der Waals surface area contributed by atoms with Gasteiger partial charge in [0.25, 0.3) is 5.91 Å².